The summed E-state index contributed by atoms with van der Waals surface area (Å²) in [7, 11) is 1.92. The molecule has 1 atom stereocenters. The third kappa shape index (κ3) is 10.8. The Kier molecular flexibility index (Phi) is 13.2. The largest absolute Gasteiger partial charge is 0.492 e. The van der Waals surface area contributed by atoms with Crippen LogP contribution in [0, 0.1) is 18.3 Å². The van der Waals surface area contributed by atoms with Crippen LogP contribution in [-0.4, -0.2) is 76.5 Å². The van der Waals surface area contributed by atoms with Crippen molar-refractivity contribution in [3.05, 3.63) is 105 Å². The van der Waals surface area contributed by atoms with E-state index in [0.717, 1.165) is 65.9 Å². The third-order valence-corrected chi connectivity index (χ3v) is 9.42. The van der Waals surface area contributed by atoms with E-state index in [4.69, 9.17) is 37.4 Å². The molecule has 11 heteroatoms. The summed E-state index contributed by atoms with van der Waals surface area (Å²) >= 11 is 13.7. The number of likely N-dealkylation sites (tertiary alicyclic amines) is 1. The van der Waals surface area contributed by atoms with Crippen molar-refractivity contribution >= 4 is 23.2 Å². The Morgan fingerprint density at radius 1 is 0.980 bits per heavy atom. The number of pyridine rings is 1. The first-order chi connectivity index (χ1) is 24.4. The lowest BCUT2D eigenvalue weighted by Crippen LogP contribution is -2.35. The van der Waals surface area contributed by atoms with Gasteiger partial charge < -0.3 is 29.3 Å². The monoisotopic (exact) mass is 732 g/mol. The number of nitriles is 1. The van der Waals surface area contributed by atoms with Crippen molar-refractivity contribution in [3.8, 4) is 34.4 Å². The number of halogens is 2. The highest BCUT2D eigenvalue weighted by Crippen LogP contribution is 2.39. The van der Waals surface area contributed by atoms with E-state index in [1.54, 1.807) is 32.2 Å². The van der Waals surface area contributed by atoms with Gasteiger partial charge in [-0.2, -0.15) is 5.26 Å². The van der Waals surface area contributed by atoms with E-state index in [1.807, 2.05) is 61.3 Å². The van der Waals surface area contributed by atoms with E-state index < -0.39 is 5.60 Å². The van der Waals surface area contributed by atoms with Crippen molar-refractivity contribution in [3.63, 3.8) is 0 Å². The molecule has 5 rings (SSSR count). The normalized spacial score (nSPS) is 14.9. The maximum absolute atomic E-state index is 10.4. The van der Waals surface area contributed by atoms with Crippen molar-refractivity contribution in [1.29, 1.82) is 5.26 Å². The van der Waals surface area contributed by atoms with Gasteiger partial charge in [-0.05, 0) is 75.5 Å². The summed E-state index contributed by atoms with van der Waals surface area (Å²) in [5.41, 5.74) is 5.00. The van der Waals surface area contributed by atoms with Gasteiger partial charge in [-0.3, -0.25) is 9.88 Å². The van der Waals surface area contributed by atoms with Crippen LogP contribution in [0.4, 0.5) is 0 Å². The van der Waals surface area contributed by atoms with Gasteiger partial charge in [-0.1, -0.05) is 53.5 Å². The van der Waals surface area contributed by atoms with E-state index in [0.29, 0.717) is 52.6 Å². The van der Waals surface area contributed by atoms with E-state index >= 15 is 0 Å². The highest BCUT2D eigenvalue weighted by molar-refractivity contribution is 6.35. The number of hydrogen-bond donors (Lipinski definition) is 2. The van der Waals surface area contributed by atoms with Crippen LogP contribution >= 0.6 is 23.2 Å². The Morgan fingerprint density at radius 2 is 1.75 bits per heavy atom. The second-order valence-electron chi connectivity index (χ2n) is 13.8. The van der Waals surface area contributed by atoms with Crippen LogP contribution in [0.25, 0.3) is 11.1 Å². The fraction of sp³-hybridized carbons (Fsp3) is 0.400. The Balaban J connectivity index is 1.31. The lowest BCUT2D eigenvalue weighted by molar-refractivity contribution is 0.0422. The number of β-amino-alcohol motifs (C(OH)–C–C–N with tert-alkyl or cyclic N) is 1. The highest BCUT2D eigenvalue weighted by Gasteiger charge is 2.21. The predicted octanol–water partition coefficient (Wildman–Crippen LogP) is 7.43. The number of hydrogen-bond acceptors (Lipinski definition) is 9. The molecule has 1 aliphatic rings. The summed E-state index contributed by atoms with van der Waals surface area (Å²) in [5, 5.41) is 30.4. The molecule has 0 spiro atoms. The van der Waals surface area contributed by atoms with Crippen LogP contribution in [0.2, 0.25) is 10.0 Å². The third-order valence-electron chi connectivity index (χ3n) is 8.74. The Morgan fingerprint density at radius 3 is 2.49 bits per heavy atom. The fourth-order valence-corrected chi connectivity index (χ4v) is 6.87. The number of aliphatic hydroxyl groups excluding tert-OH is 1. The van der Waals surface area contributed by atoms with E-state index in [-0.39, 0.29) is 19.3 Å². The minimum absolute atomic E-state index is 0.194. The molecule has 0 bridgehead atoms. The summed E-state index contributed by atoms with van der Waals surface area (Å²) in [6.45, 7) is 9.99. The Hall–Kier alpha value is -3.88. The number of benzene rings is 3. The van der Waals surface area contributed by atoms with Crippen molar-refractivity contribution in [2.45, 2.75) is 65.1 Å². The molecule has 0 saturated carbocycles. The van der Waals surface area contributed by atoms with Gasteiger partial charge in [0, 0.05) is 67.9 Å². The molecule has 1 saturated heterocycles. The molecule has 0 amide bonds. The van der Waals surface area contributed by atoms with Gasteiger partial charge in [-0.15, -0.1) is 0 Å². The summed E-state index contributed by atoms with van der Waals surface area (Å²) in [5.74, 6) is 1.68. The average Bonchev–Trinajstić information content (AvgIpc) is 3.51. The zero-order valence-corrected chi connectivity index (χ0v) is 31.2. The number of likely N-dealkylation sites (N-methyl/N-ethyl adjacent to an activating group) is 1. The second kappa shape index (κ2) is 17.6. The molecule has 3 aromatic carbocycles. The van der Waals surface area contributed by atoms with E-state index in [9.17, 15) is 15.5 Å². The first kappa shape index (κ1) is 38.4. The van der Waals surface area contributed by atoms with Gasteiger partial charge in [0.1, 0.15) is 36.5 Å². The van der Waals surface area contributed by atoms with Gasteiger partial charge in [0.15, 0.2) is 0 Å². The standard InChI is InChI=1S/C40H46Cl2N4O5/c1-27-30(8-5-9-33(27)34-10-6-11-36(39(34)42)49-15-7-13-46-14-12-32(47)23-46)25-51-38-18-37(50-24-29-16-28(19-43)20-44-21-29)31(17-35(38)41)22-45(4)26-40(2,3)48/h5-6,8-11,16-18,20-21,32,47-48H,7,12-15,22-26H2,1-4H3. The zero-order valence-electron chi connectivity index (χ0n) is 29.7. The van der Waals surface area contributed by atoms with Gasteiger partial charge in [0.05, 0.1) is 33.9 Å². The minimum Gasteiger partial charge on any atom is -0.492 e. The fourth-order valence-electron chi connectivity index (χ4n) is 6.34. The number of ether oxygens (including phenoxy) is 3. The molecular formula is C40H46Cl2N4O5. The molecule has 9 nitrogen and oxygen atoms in total. The van der Waals surface area contributed by atoms with Crippen LogP contribution in [0.15, 0.2) is 67.0 Å². The molecule has 1 unspecified atom stereocenters. The Labute approximate surface area is 310 Å². The average molecular weight is 734 g/mol. The number of nitrogens with zero attached hydrogens (tertiary/aromatic N) is 4. The van der Waals surface area contributed by atoms with Crippen molar-refractivity contribution in [2.24, 2.45) is 0 Å². The van der Waals surface area contributed by atoms with Crippen LogP contribution in [-0.2, 0) is 19.8 Å². The van der Waals surface area contributed by atoms with Crippen LogP contribution in [0.5, 0.6) is 17.2 Å². The van der Waals surface area contributed by atoms with Gasteiger partial charge in [0.2, 0.25) is 0 Å². The quantitative estimate of drug-likeness (QED) is 0.114. The number of aromatic nitrogens is 1. The first-order valence-corrected chi connectivity index (χ1v) is 17.9. The Bertz CT molecular complexity index is 1840. The summed E-state index contributed by atoms with van der Waals surface area (Å²) < 4.78 is 18.7. The van der Waals surface area contributed by atoms with Crippen LogP contribution < -0.4 is 14.2 Å². The molecular weight excluding hydrogens is 687 g/mol. The zero-order chi connectivity index (χ0) is 36.5. The van der Waals surface area contributed by atoms with Gasteiger partial charge in [0.25, 0.3) is 0 Å². The summed E-state index contributed by atoms with van der Waals surface area (Å²) in [4.78, 5) is 8.40. The van der Waals surface area contributed by atoms with Crippen molar-refractivity contribution in [2.75, 3.05) is 39.8 Å². The van der Waals surface area contributed by atoms with Crippen molar-refractivity contribution in [1.82, 2.24) is 14.8 Å². The first-order valence-electron chi connectivity index (χ1n) is 17.1. The second-order valence-corrected chi connectivity index (χ2v) is 14.6. The lowest BCUT2D eigenvalue weighted by atomic mass is 9.96. The van der Waals surface area contributed by atoms with Crippen molar-refractivity contribution < 1.29 is 24.4 Å². The number of aliphatic hydroxyl groups is 2. The molecule has 2 heterocycles. The molecule has 2 N–H and O–H groups in total. The predicted molar refractivity (Wildman–Crippen MR) is 201 cm³/mol. The molecule has 1 fully saturated rings. The molecule has 0 aliphatic carbocycles. The maximum Gasteiger partial charge on any atom is 0.142 e. The molecule has 51 heavy (non-hydrogen) atoms. The van der Waals surface area contributed by atoms with Gasteiger partial charge in [-0.25, -0.2) is 0 Å². The van der Waals surface area contributed by atoms with E-state index in [1.165, 1.54) is 6.20 Å². The minimum atomic E-state index is -0.879. The molecule has 1 aromatic heterocycles. The highest BCUT2D eigenvalue weighted by atomic mass is 35.5. The lowest BCUT2D eigenvalue weighted by Gasteiger charge is -2.26. The molecule has 1 aliphatic heterocycles. The maximum atomic E-state index is 10.4. The summed E-state index contributed by atoms with van der Waals surface area (Å²) in [6, 6.07) is 19.3. The van der Waals surface area contributed by atoms with Crippen LogP contribution in [0.1, 0.15) is 54.5 Å². The topological polar surface area (TPSA) is 111 Å². The van der Waals surface area contributed by atoms with Gasteiger partial charge >= 0.3 is 0 Å². The molecule has 0 radical (unpaired) electrons. The van der Waals surface area contributed by atoms with E-state index in [2.05, 4.69) is 16.0 Å². The smallest absolute Gasteiger partial charge is 0.142 e. The SMILES string of the molecule is Cc1c(COc2cc(OCc3cncc(C#N)c3)c(CN(C)CC(C)(C)O)cc2Cl)cccc1-c1cccc(OCCCN2CCC(O)C2)c1Cl. The summed E-state index contributed by atoms with van der Waals surface area (Å²) in [6.07, 6.45) is 4.62. The molecule has 270 valence electrons. The molecule has 4 aromatic rings. The van der Waals surface area contributed by atoms with Crippen LogP contribution in [0.3, 0.4) is 0 Å². The number of rotatable bonds is 16.